The molecule has 1 amide bonds. The topological polar surface area (TPSA) is 172 Å². The molecule has 0 unspecified atom stereocenters. The summed E-state index contributed by atoms with van der Waals surface area (Å²) >= 11 is 0. The van der Waals surface area contributed by atoms with Crippen molar-refractivity contribution in [1.29, 1.82) is 0 Å². The van der Waals surface area contributed by atoms with Crippen LogP contribution in [0.15, 0.2) is 0 Å². The molecular formula is C12H22N2O8. The Hall–Kier alpha value is -1.30. The number of rotatable bonds is 6. The second kappa shape index (κ2) is 7.81. The van der Waals surface area contributed by atoms with Gasteiger partial charge in [0.1, 0.15) is 30.4 Å². The van der Waals surface area contributed by atoms with Gasteiger partial charge in [0.2, 0.25) is 5.91 Å². The average Bonchev–Trinajstić information content (AvgIpc) is 2.45. The Balaban J connectivity index is 2.89. The summed E-state index contributed by atoms with van der Waals surface area (Å²) in [7, 11) is 0. The lowest BCUT2D eigenvalue weighted by atomic mass is 9.97. The summed E-state index contributed by atoms with van der Waals surface area (Å²) in [5, 5.41) is 40.2. The number of aliphatic hydroxyl groups is 3. The molecule has 10 nitrogen and oxygen atoms in total. The maximum Gasteiger partial charge on any atom is 0.323 e. The highest BCUT2D eigenvalue weighted by atomic mass is 16.7. The van der Waals surface area contributed by atoms with Gasteiger partial charge in [-0.05, 0) is 6.92 Å². The minimum atomic E-state index is -1.46. The summed E-state index contributed by atoms with van der Waals surface area (Å²) in [5.74, 6) is -1.80. The Bertz CT molecular complexity index is 407. The number of nitrogens with one attached hydrogen (secondary N) is 1. The van der Waals surface area contributed by atoms with Crippen molar-refractivity contribution in [1.82, 2.24) is 5.32 Å². The molecule has 22 heavy (non-hydrogen) atoms. The third-order valence-electron chi connectivity index (χ3n) is 3.39. The molecule has 7 N–H and O–H groups in total. The first-order chi connectivity index (χ1) is 10.2. The minimum Gasteiger partial charge on any atom is -0.480 e. The molecule has 10 heteroatoms. The van der Waals surface area contributed by atoms with E-state index in [1.54, 1.807) is 0 Å². The predicted octanol–water partition coefficient (Wildman–Crippen LogP) is -3.25. The molecule has 1 fully saturated rings. The molecule has 0 aromatic carbocycles. The van der Waals surface area contributed by atoms with Crippen molar-refractivity contribution in [2.24, 2.45) is 5.73 Å². The van der Waals surface area contributed by atoms with E-state index in [-0.39, 0.29) is 0 Å². The molecule has 1 aliphatic heterocycles. The highest BCUT2D eigenvalue weighted by Crippen LogP contribution is 2.23. The molecule has 0 spiro atoms. The summed E-state index contributed by atoms with van der Waals surface area (Å²) in [6.07, 6.45) is -6.32. The van der Waals surface area contributed by atoms with E-state index in [1.165, 1.54) is 13.8 Å². The Kier molecular flexibility index (Phi) is 6.66. The lowest BCUT2D eigenvalue weighted by Gasteiger charge is -2.43. The van der Waals surface area contributed by atoms with Crippen LogP contribution in [0.2, 0.25) is 0 Å². The van der Waals surface area contributed by atoms with E-state index in [4.69, 9.17) is 25.4 Å². The van der Waals surface area contributed by atoms with Gasteiger partial charge in [0.25, 0.3) is 0 Å². The molecule has 7 atom stereocenters. The van der Waals surface area contributed by atoms with Crippen LogP contribution in [0.25, 0.3) is 0 Å². The highest BCUT2D eigenvalue weighted by molar-refractivity contribution is 5.74. The molecule has 1 rings (SSSR count). The Morgan fingerprint density at radius 2 is 1.95 bits per heavy atom. The highest BCUT2D eigenvalue weighted by Gasteiger charge is 2.46. The van der Waals surface area contributed by atoms with Crippen LogP contribution in [0, 0.1) is 0 Å². The third kappa shape index (κ3) is 4.35. The summed E-state index contributed by atoms with van der Waals surface area (Å²) in [4.78, 5) is 22.0. The lowest BCUT2D eigenvalue weighted by molar-refractivity contribution is -0.281. The van der Waals surface area contributed by atoms with Crippen molar-refractivity contribution in [2.75, 3.05) is 6.61 Å². The Labute approximate surface area is 126 Å². The maximum absolute atomic E-state index is 11.2. The molecule has 0 bridgehead atoms. The number of ether oxygens (including phenoxy) is 2. The smallest absolute Gasteiger partial charge is 0.323 e. The van der Waals surface area contributed by atoms with Gasteiger partial charge in [0, 0.05) is 6.92 Å². The van der Waals surface area contributed by atoms with Crippen molar-refractivity contribution < 1.29 is 39.5 Å². The predicted molar refractivity (Wildman–Crippen MR) is 71.5 cm³/mol. The molecule has 1 aliphatic rings. The first-order valence-corrected chi connectivity index (χ1v) is 6.72. The number of carbonyl (C=O) groups is 2. The van der Waals surface area contributed by atoms with E-state index >= 15 is 0 Å². The van der Waals surface area contributed by atoms with Crippen LogP contribution in [0.5, 0.6) is 0 Å². The monoisotopic (exact) mass is 322 g/mol. The molecular weight excluding hydrogens is 300 g/mol. The summed E-state index contributed by atoms with van der Waals surface area (Å²) < 4.78 is 10.6. The molecule has 0 radical (unpaired) electrons. The number of nitrogens with two attached hydrogens (primary N) is 1. The number of aliphatic hydroxyl groups excluding tert-OH is 3. The zero-order chi connectivity index (χ0) is 17.0. The van der Waals surface area contributed by atoms with Crippen molar-refractivity contribution in [2.45, 2.75) is 56.6 Å². The van der Waals surface area contributed by atoms with Crippen molar-refractivity contribution >= 4 is 11.9 Å². The fraction of sp³-hybridized carbons (Fsp3) is 0.833. The number of aliphatic carboxylic acids is 1. The summed E-state index contributed by atoms with van der Waals surface area (Å²) in [6, 6.07) is -2.49. The van der Waals surface area contributed by atoms with Crippen LogP contribution < -0.4 is 11.1 Å². The van der Waals surface area contributed by atoms with Crippen LogP contribution in [-0.2, 0) is 19.1 Å². The molecule has 1 saturated heterocycles. The Morgan fingerprint density at radius 1 is 1.36 bits per heavy atom. The average molecular weight is 322 g/mol. The zero-order valence-corrected chi connectivity index (χ0v) is 12.2. The van der Waals surface area contributed by atoms with E-state index in [0.29, 0.717) is 0 Å². The van der Waals surface area contributed by atoms with Crippen molar-refractivity contribution in [3.8, 4) is 0 Å². The fourth-order valence-corrected chi connectivity index (χ4v) is 2.08. The van der Waals surface area contributed by atoms with Crippen LogP contribution in [0.3, 0.4) is 0 Å². The van der Waals surface area contributed by atoms with Gasteiger partial charge in [-0.15, -0.1) is 0 Å². The van der Waals surface area contributed by atoms with Crippen molar-refractivity contribution in [3.63, 3.8) is 0 Å². The van der Waals surface area contributed by atoms with E-state index in [2.05, 4.69) is 5.32 Å². The van der Waals surface area contributed by atoms with Gasteiger partial charge in [0.05, 0.1) is 12.7 Å². The minimum absolute atomic E-state index is 0.508. The number of carbonyl (C=O) groups excluding carboxylic acids is 1. The SMILES string of the molecule is CC(=O)N[C@H]1[C@H](O[C@H](C)[C@H](N)C(=O)O)O[C@H](CO)[C@@H](O)[C@@H]1O. The van der Waals surface area contributed by atoms with Gasteiger partial charge < -0.3 is 41.0 Å². The number of hydrogen-bond donors (Lipinski definition) is 6. The molecule has 128 valence electrons. The van der Waals surface area contributed by atoms with Gasteiger partial charge in [0.15, 0.2) is 6.29 Å². The molecule has 0 aromatic heterocycles. The standard InChI is InChI=1S/C12H22N2O8/c1-4(7(13)11(19)20)21-12-8(14-5(2)16)10(18)9(17)6(3-15)22-12/h4,6-10,12,15,17-18H,3,13H2,1-2H3,(H,14,16)(H,19,20)/t4-,6-,7+,8-,9-,10-,12-/m1/s1. The lowest BCUT2D eigenvalue weighted by Crippen LogP contribution is -2.65. The number of hydrogen-bond acceptors (Lipinski definition) is 8. The summed E-state index contributed by atoms with van der Waals surface area (Å²) in [6.45, 7) is 1.99. The van der Waals surface area contributed by atoms with Gasteiger partial charge in [-0.3, -0.25) is 9.59 Å². The third-order valence-corrected chi connectivity index (χ3v) is 3.39. The molecule has 0 aromatic rings. The van der Waals surface area contributed by atoms with Gasteiger partial charge >= 0.3 is 5.97 Å². The summed E-state index contributed by atoms with van der Waals surface area (Å²) in [5.41, 5.74) is 5.42. The first-order valence-electron chi connectivity index (χ1n) is 6.72. The molecule has 0 aliphatic carbocycles. The normalized spacial score (nSPS) is 34.7. The van der Waals surface area contributed by atoms with Crippen LogP contribution >= 0.6 is 0 Å². The second-order valence-corrected chi connectivity index (χ2v) is 5.14. The van der Waals surface area contributed by atoms with E-state index in [1.807, 2.05) is 0 Å². The van der Waals surface area contributed by atoms with Gasteiger partial charge in [-0.25, -0.2) is 0 Å². The largest absolute Gasteiger partial charge is 0.480 e. The first kappa shape index (κ1) is 18.7. The number of carboxylic acid groups (broad SMARTS) is 1. The Morgan fingerprint density at radius 3 is 2.41 bits per heavy atom. The van der Waals surface area contributed by atoms with Gasteiger partial charge in [-0.1, -0.05) is 0 Å². The van der Waals surface area contributed by atoms with E-state index in [9.17, 15) is 19.8 Å². The van der Waals surface area contributed by atoms with Crippen LogP contribution in [0.1, 0.15) is 13.8 Å². The van der Waals surface area contributed by atoms with E-state index < -0.39 is 61.3 Å². The number of carboxylic acids is 1. The van der Waals surface area contributed by atoms with Crippen molar-refractivity contribution in [3.05, 3.63) is 0 Å². The van der Waals surface area contributed by atoms with Crippen LogP contribution in [-0.4, -0.2) is 81.7 Å². The molecule has 0 saturated carbocycles. The number of amides is 1. The van der Waals surface area contributed by atoms with Crippen LogP contribution in [0.4, 0.5) is 0 Å². The fourth-order valence-electron chi connectivity index (χ4n) is 2.08. The second-order valence-electron chi connectivity index (χ2n) is 5.14. The zero-order valence-electron chi connectivity index (χ0n) is 12.2. The molecule has 1 heterocycles. The maximum atomic E-state index is 11.2. The van der Waals surface area contributed by atoms with E-state index in [0.717, 1.165) is 0 Å². The van der Waals surface area contributed by atoms with Gasteiger partial charge in [-0.2, -0.15) is 0 Å². The quantitative estimate of drug-likeness (QED) is 0.293.